The van der Waals surface area contributed by atoms with Crippen LogP contribution in [-0.2, 0) is 19.2 Å². The molecule has 3 aliphatic heterocycles. The van der Waals surface area contributed by atoms with Crippen molar-refractivity contribution in [3.8, 4) is 33.2 Å². The summed E-state index contributed by atoms with van der Waals surface area (Å²) in [4.78, 5) is 67.7. The minimum Gasteiger partial charge on any atom is -0.507 e. The SMILES string of the molecule is Cc1ncsc1-c1ccc([C@H](C)NC(=O)[C@@H]2CCCN2C(=O)[C@@H](NC(=O)CCCCCCCCC(=O)N2CCN(c3cccc(OC4CN(c5cc(-c6ccccc6O)nnc5N)C4)c3)CC2)C(C)(C)C)cc1. The van der Waals surface area contributed by atoms with E-state index in [1.54, 1.807) is 34.4 Å². The van der Waals surface area contributed by atoms with Gasteiger partial charge in [-0.25, -0.2) is 4.98 Å². The molecule has 3 aromatic carbocycles. The first-order chi connectivity index (χ1) is 35.1. The molecule has 3 aliphatic rings. The molecule has 5 heterocycles. The second-order valence-corrected chi connectivity index (χ2v) is 21.7. The van der Waals surface area contributed by atoms with Crippen LogP contribution < -0.4 is 30.9 Å². The van der Waals surface area contributed by atoms with E-state index >= 15 is 0 Å². The van der Waals surface area contributed by atoms with Crippen molar-refractivity contribution in [3.05, 3.63) is 95.6 Å². The van der Waals surface area contributed by atoms with Crippen molar-refractivity contribution < 1.29 is 29.0 Å². The molecular formula is C56H72N10O6S. The number of aromatic nitrogens is 3. The first kappa shape index (κ1) is 52.6. The Labute approximate surface area is 433 Å². The quantitative estimate of drug-likeness (QED) is 0.0545. The molecule has 2 aromatic heterocycles. The third kappa shape index (κ3) is 13.3. The Hall–Kier alpha value is -6.75. The van der Waals surface area contributed by atoms with Crippen LogP contribution >= 0.6 is 11.3 Å². The van der Waals surface area contributed by atoms with Crippen LogP contribution in [0.15, 0.2) is 84.4 Å². The summed E-state index contributed by atoms with van der Waals surface area (Å²) >= 11 is 1.61. The number of likely N-dealkylation sites (tertiary alicyclic amines) is 1. The van der Waals surface area contributed by atoms with Gasteiger partial charge in [-0.05, 0) is 86.4 Å². The molecule has 0 radical (unpaired) electrons. The molecule has 8 rings (SSSR count). The van der Waals surface area contributed by atoms with E-state index in [4.69, 9.17) is 10.5 Å². The number of nitrogens with one attached hydrogen (secondary N) is 2. The number of rotatable bonds is 20. The number of hydrogen-bond acceptors (Lipinski definition) is 13. The van der Waals surface area contributed by atoms with Crippen molar-refractivity contribution in [1.82, 2.24) is 35.6 Å². The highest BCUT2D eigenvalue weighted by molar-refractivity contribution is 7.13. The molecule has 4 amide bonds. The van der Waals surface area contributed by atoms with Gasteiger partial charge in [0.05, 0.1) is 46.6 Å². The van der Waals surface area contributed by atoms with Crippen LogP contribution in [0.3, 0.4) is 0 Å². The molecule has 3 atom stereocenters. The molecule has 73 heavy (non-hydrogen) atoms. The number of ether oxygens (including phenoxy) is 1. The largest absolute Gasteiger partial charge is 0.507 e. The average molecular weight is 1010 g/mol. The maximum atomic E-state index is 14.1. The average Bonchev–Trinajstić information content (AvgIpc) is 4.05. The summed E-state index contributed by atoms with van der Waals surface area (Å²) in [6.45, 7) is 14.4. The fraction of sp³-hybridized carbons (Fsp3) is 0.482. The number of para-hydroxylation sites is 1. The summed E-state index contributed by atoms with van der Waals surface area (Å²) in [6.07, 6.45) is 7.51. The van der Waals surface area contributed by atoms with Gasteiger partial charge in [0.1, 0.15) is 29.7 Å². The second kappa shape index (κ2) is 23.9. The van der Waals surface area contributed by atoms with Crippen LogP contribution in [0.2, 0.25) is 0 Å². The second-order valence-electron chi connectivity index (χ2n) is 20.8. The number of thiazole rings is 1. The van der Waals surface area contributed by atoms with Crippen LogP contribution in [0.25, 0.3) is 21.7 Å². The van der Waals surface area contributed by atoms with Crippen molar-refractivity contribution in [3.63, 3.8) is 0 Å². The molecule has 388 valence electrons. The number of hydrogen-bond donors (Lipinski definition) is 4. The Kier molecular flexibility index (Phi) is 17.2. The van der Waals surface area contributed by atoms with E-state index in [2.05, 4.69) is 59.9 Å². The van der Waals surface area contributed by atoms with E-state index in [1.807, 2.05) is 81.4 Å². The number of piperazine rings is 1. The zero-order valence-corrected chi connectivity index (χ0v) is 43.8. The molecule has 3 fully saturated rings. The predicted molar refractivity (Wildman–Crippen MR) is 287 cm³/mol. The van der Waals surface area contributed by atoms with Crippen molar-refractivity contribution >= 4 is 52.2 Å². The summed E-state index contributed by atoms with van der Waals surface area (Å²) in [5, 5.41) is 24.8. The molecule has 0 unspecified atom stereocenters. The number of phenols is 1. The first-order valence-corrected chi connectivity index (χ1v) is 26.9. The van der Waals surface area contributed by atoms with E-state index in [1.165, 1.54) is 0 Å². The van der Waals surface area contributed by atoms with E-state index in [0.717, 1.165) is 96.9 Å². The normalized spacial score (nSPS) is 17.0. The number of phenolic OH excluding ortho intramolecular Hbond substituents is 1. The van der Waals surface area contributed by atoms with Gasteiger partial charge in [-0.2, -0.15) is 0 Å². The number of unbranched alkanes of at least 4 members (excludes halogenated alkanes) is 5. The Morgan fingerprint density at radius 1 is 0.836 bits per heavy atom. The van der Waals surface area contributed by atoms with Crippen molar-refractivity contribution in [1.29, 1.82) is 0 Å². The Morgan fingerprint density at radius 3 is 2.25 bits per heavy atom. The fourth-order valence-corrected chi connectivity index (χ4v) is 10.8. The molecule has 3 saturated heterocycles. The standard InChI is InChI=1S/C56H72N10O6S/c1-37(39-23-25-40(26-24-39)51-38(2)58-36-73-51)59-54(70)46-19-15-27-66(46)55(71)52(56(3,4)5)60-49(68)21-10-8-6-7-9-11-22-50(69)64-30-28-63(29-31-64)41-16-14-17-42(32-41)72-43-34-65(35-43)47-33-45(61-62-53(47)57)44-18-12-13-20-48(44)67/h12-14,16-18,20,23-26,32-33,36-37,43,46,52,67H,6-11,15,19,21-22,27-31,34-35H2,1-5H3,(H2,57,62)(H,59,70)(H,60,68)/t37-,46-,52+/m0/s1. The van der Waals surface area contributed by atoms with Gasteiger partial charge in [-0.3, -0.25) is 19.2 Å². The van der Waals surface area contributed by atoms with Crippen LogP contribution in [0.4, 0.5) is 17.2 Å². The lowest BCUT2D eigenvalue weighted by molar-refractivity contribution is -0.144. The van der Waals surface area contributed by atoms with Crippen LogP contribution in [0, 0.1) is 12.3 Å². The number of nitrogens with zero attached hydrogens (tertiary/aromatic N) is 7. The molecule has 0 bridgehead atoms. The predicted octanol–water partition coefficient (Wildman–Crippen LogP) is 8.30. The van der Waals surface area contributed by atoms with Gasteiger partial charge in [0.15, 0.2) is 5.82 Å². The maximum Gasteiger partial charge on any atom is 0.246 e. The summed E-state index contributed by atoms with van der Waals surface area (Å²) < 4.78 is 6.36. The van der Waals surface area contributed by atoms with Gasteiger partial charge in [0.2, 0.25) is 23.6 Å². The highest BCUT2D eigenvalue weighted by Crippen LogP contribution is 2.35. The molecule has 0 aliphatic carbocycles. The van der Waals surface area contributed by atoms with E-state index in [9.17, 15) is 24.3 Å². The van der Waals surface area contributed by atoms with Gasteiger partial charge in [0.25, 0.3) is 0 Å². The van der Waals surface area contributed by atoms with Gasteiger partial charge in [-0.15, -0.1) is 21.5 Å². The number of carbonyl (C=O) groups is 4. The van der Waals surface area contributed by atoms with Crippen molar-refractivity contribution in [2.45, 2.75) is 123 Å². The van der Waals surface area contributed by atoms with Crippen LogP contribution in [0.1, 0.15) is 109 Å². The molecule has 5 aromatic rings. The van der Waals surface area contributed by atoms with E-state index in [0.29, 0.717) is 69.1 Å². The number of benzene rings is 3. The van der Waals surface area contributed by atoms with Crippen molar-refractivity contribution in [2.24, 2.45) is 5.41 Å². The molecule has 17 heteroatoms. The lowest BCUT2D eigenvalue weighted by Gasteiger charge is -2.41. The lowest BCUT2D eigenvalue weighted by Crippen LogP contribution is -2.57. The molecule has 16 nitrogen and oxygen atoms in total. The summed E-state index contributed by atoms with van der Waals surface area (Å²) in [5.74, 6) is 0.912. The van der Waals surface area contributed by atoms with Crippen molar-refractivity contribution in [2.75, 3.05) is 61.3 Å². The minimum atomic E-state index is -0.752. The third-order valence-corrected chi connectivity index (χ3v) is 15.3. The molecule has 5 N–H and O–H groups in total. The summed E-state index contributed by atoms with van der Waals surface area (Å²) in [7, 11) is 0. The number of anilines is 3. The maximum absolute atomic E-state index is 14.1. The first-order valence-electron chi connectivity index (χ1n) is 26.0. The number of nitrogens with two attached hydrogens (primary N) is 1. The Morgan fingerprint density at radius 2 is 1.55 bits per heavy atom. The number of carbonyl (C=O) groups excluding carboxylic acids is 4. The molecule has 0 spiro atoms. The highest BCUT2D eigenvalue weighted by atomic mass is 32.1. The number of aromatic hydroxyl groups is 1. The zero-order chi connectivity index (χ0) is 51.6. The van der Waals surface area contributed by atoms with Crippen LogP contribution in [0.5, 0.6) is 11.5 Å². The Balaban J connectivity index is 0.691. The number of nitrogen functional groups attached to an aromatic ring is 1. The monoisotopic (exact) mass is 1010 g/mol. The fourth-order valence-electron chi connectivity index (χ4n) is 10.0. The topological polar surface area (TPSA) is 199 Å². The summed E-state index contributed by atoms with van der Waals surface area (Å²) in [6, 6.07) is 23.6. The van der Waals surface area contributed by atoms with Gasteiger partial charge in [0, 0.05) is 62.9 Å². The summed E-state index contributed by atoms with van der Waals surface area (Å²) in [5.41, 5.74) is 13.5. The molecular weight excluding hydrogens is 941 g/mol. The number of aryl methyl sites for hydroxylation is 1. The molecule has 0 saturated carbocycles. The number of amides is 4. The van der Waals surface area contributed by atoms with Gasteiger partial charge in [-0.1, -0.05) is 88.9 Å². The van der Waals surface area contributed by atoms with E-state index in [-0.39, 0.29) is 41.5 Å². The Bertz CT molecular complexity index is 2690. The van der Waals surface area contributed by atoms with E-state index < -0.39 is 17.5 Å². The highest BCUT2D eigenvalue weighted by Gasteiger charge is 2.42. The van der Waals surface area contributed by atoms with Gasteiger partial charge >= 0.3 is 0 Å². The van der Waals surface area contributed by atoms with Crippen LogP contribution in [-0.4, -0.2) is 118 Å². The lowest BCUT2D eigenvalue weighted by atomic mass is 9.85. The third-order valence-electron chi connectivity index (χ3n) is 14.4. The zero-order valence-electron chi connectivity index (χ0n) is 43.0. The minimum absolute atomic E-state index is 0.0222. The smallest absolute Gasteiger partial charge is 0.246 e. The van der Waals surface area contributed by atoms with Gasteiger partial charge < -0.3 is 45.8 Å².